The van der Waals surface area contributed by atoms with Crippen LogP contribution in [0, 0.1) is 0 Å². The second-order valence-corrected chi connectivity index (χ2v) is 4.00. The van der Waals surface area contributed by atoms with Crippen molar-refractivity contribution in [3.63, 3.8) is 0 Å². The number of likely N-dealkylation sites (N-methyl/N-ethyl adjacent to an activating group) is 1. The van der Waals surface area contributed by atoms with Crippen LogP contribution in [-0.4, -0.2) is 41.9 Å². The van der Waals surface area contributed by atoms with Gasteiger partial charge in [0.2, 0.25) is 5.91 Å². The van der Waals surface area contributed by atoms with Gasteiger partial charge in [-0.05, 0) is 12.7 Å². The minimum atomic E-state index is 0.148. The van der Waals surface area contributed by atoms with Crippen LogP contribution in [0.1, 0.15) is 13.8 Å². The lowest BCUT2D eigenvalue weighted by Gasteiger charge is -2.23. The molecule has 1 atom stereocenters. The van der Waals surface area contributed by atoms with Crippen molar-refractivity contribution in [3.8, 4) is 0 Å². The van der Waals surface area contributed by atoms with Crippen LogP contribution in [0.2, 0.25) is 0 Å². The van der Waals surface area contributed by atoms with Crippen LogP contribution in [0.3, 0.4) is 0 Å². The van der Waals surface area contributed by atoms with E-state index in [-0.39, 0.29) is 11.9 Å². The molecule has 0 saturated heterocycles. The summed E-state index contributed by atoms with van der Waals surface area (Å²) in [5, 5.41) is 0. The zero-order valence-electron chi connectivity index (χ0n) is 8.04. The number of hydrogen-bond acceptors (Lipinski definition) is 3. The maximum Gasteiger partial charge on any atom is 0.232 e. The highest BCUT2D eigenvalue weighted by Crippen LogP contribution is 2.02. The number of amides is 1. The summed E-state index contributed by atoms with van der Waals surface area (Å²) in [6, 6.07) is 0.148. The normalized spacial score (nSPS) is 12.7. The van der Waals surface area contributed by atoms with E-state index in [2.05, 4.69) is 0 Å². The summed E-state index contributed by atoms with van der Waals surface area (Å²) in [6.07, 6.45) is 0. The fraction of sp³-hybridized carbons (Fsp3) is 0.875. The van der Waals surface area contributed by atoms with E-state index >= 15 is 0 Å². The zero-order chi connectivity index (χ0) is 9.56. The molecule has 0 radical (unpaired) electrons. The number of carbonyl (C=O) groups is 1. The van der Waals surface area contributed by atoms with E-state index in [9.17, 15) is 4.79 Å². The van der Waals surface area contributed by atoms with Gasteiger partial charge in [-0.1, -0.05) is 6.92 Å². The van der Waals surface area contributed by atoms with Gasteiger partial charge in [0.15, 0.2) is 0 Å². The molecule has 0 aliphatic rings. The van der Waals surface area contributed by atoms with Gasteiger partial charge in [-0.3, -0.25) is 4.79 Å². The average Bonchev–Trinajstić information content (AvgIpc) is 2.11. The number of carbonyl (C=O) groups excluding carboxylic acids is 1. The quantitative estimate of drug-likeness (QED) is 0.688. The maximum absolute atomic E-state index is 11.4. The summed E-state index contributed by atoms with van der Waals surface area (Å²) in [5.41, 5.74) is 5.44. The summed E-state index contributed by atoms with van der Waals surface area (Å²) >= 11 is 1.64. The third kappa shape index (κ3) is 3.97. The van der Waals surface area contributed by atoms with Crippen molar-refractivity contribution >= 4 is 17.7 Å². The van der Waals surface area contributed by atoms with Crippen molar-refractivity contribution in [1.82, 2.24) is 4.90 Å². The van der Waals surface area contributed by atoms with Gasteiger partial charge in [0, 0.05) is 19.6 Å². The molecular weight excluding hydrogens is 172 g/mol. The number of hydrogen-bond donors (Lipinski definition) is 1. The minimum Gasteiger partial charge on any atom is -0.341 e. The molecule has 1 amide bonds. The van der Waals surface area contributed by atoms with Crippen LogP contribution in [0.5, 0.6) is 0 Å². The molecule has 2 N–H and O–H groups in total. The molecule has 0 aromatic heterocycles. The van der Waals surface area contributed by atoms with Crippen molar-refractivity contribution in [1.29, 1.82) is 0 Å². The smallest absolute Gasteiger partial charge is 0.232 e. The van der Waals surface area contributed by atoms with Crippen LogP contribution in [0.25, 0.3) is 0 Å². The monoisotopic (exact) mass is 190 g/mol. The summed E-state index contributed by atoms with van der Waals surface area (Å²) in [4.78, 5) is 13.1. The average molecular weight is 190 g/mol. The molecule has 0 rings (SSSR count). The Labute approximate surface area is 78.7 Å². The Bertz CT molecular complexity index is 141. The number of rotatable bonds is 5. The van der Waals surface area contributed by atoms with Crippen molar-refractivity contribution in [3.05, 3.63) is 0 Å². The molecule has 0 spiro atoms. The maximum atomic E-state index is 11.4. The van der Waals surface area contributed by atoms with Gasteiger partial charge >= 0.3 is 0 Å². The van der Waals surface area contributed by atoms with Crippen molar-refractivity contribution in [2.75, 3.05) is 25.1 Å². The lowest BCUT2D eigenvalue weighted by Crippen LogP contribution is -2.40. The Morgan fingerprint density at radius 3 is 2.67 bits per heavy atom. The summed E-state index contributed by atoms with van der Waals surface area (Å²) in [7, 11) is 1.80. The molecule has 0 aliphatic carbocycles. The highest BCUT2D eigenvalue weighted by Gasteiger charge is 2.13. The molecule has 4 heteroatoms. The van der Waals surface area contributed by atoms with E-state index in [1.54, 1.807) is 23.7 Å². The van der Waals surface area contributed by atoms with E-state index in [0.717, 1.165) is 5.75 Å². The first-order chi connectivity index (χ1) is 5.63. The fourth-order valence-electron chi connectivity index (χ4n) is 0.695. The molecule has 0 aromatic carbocycles. The Kier molecular flexibility index (Phi) is 6.20. The molecule has 0 fully saturated rings. The van der Waals surface area contributed by atoms with Crippen LogP contribution in [-0.2, 0) is 4.79 Å². The first-order valence-corrected chi connectivity index (χ1v) is 5.32. The molecule has 0 aromatic rings. The van der Waals surface area contributed by atoms with E-state index < -0.39 is 0 Å². The summed E-state index contributed by atoms with van der Waals surface area (Å²) < 4.78 is 0. The van der Waals surface area contributed by atoms with Crippen LogP contribution in [0.4, 0.5) is 0 Å². The molecule has 0 saturated carbocycles. The second kappa shape index (κ2) is 6.31. The van der Waals surface area contributed by atoms with Gasteiger partial charge in [0.05, 0.1) is 5.75 Å². The SMILES string of the molecule is CCSCC(=O)N(C)C(C)CN. The first-order valence-electron chi connectivity index (χ1n) is 4.17. The van der Waals surface area contributed by atoms with Gasteiger partial charge in [-0.2, -0.15) is 11.8 Å². The molecule has 1 unspecified atom stereocenters. The Morgan fingerprint density at radius 2 is 2.25 bits per heavy atom. The third-order valence-electron chi connectivity index (χ3n) is 1.83. The lowest BCUT2D eigenvalue weighted by atomic mass is 10.3. The summed E-state index contributed by atoms with van der Waals surface area (Å²) in [6.45, 7) is 4.53. The molecule has 0 aliphatic heterocycles. The molecule has 3 nitrogen and oxygen atoms in total. The highest BCUT2D eigenvalue weighted by molar-refractivity contribution is 7.99. The summed E-state index contributed by atoms with van der Waals surface area (Å²) in [5.74, 6) is 1.72. The predicted octanol–water partition coefficient (Wildman–Crippen LogP) is 0.545. The standard InChI is InChI=1S/C8H18N2OS/c1-4-12-6-8(11)10(3)7(2)5-9/h7H,4-6,9H2,1-3H3. The number of nitrogens with zero attached hydrogens (tertiary/aromatic N) is 1. The van der Waals surface area contributed by atoms with Crippen LogP contribution >= 0.6 is 11.8 Å². The van der Waals surface area contributed by atoms with Gasteiger partial charge in [0.25, 0.3) is 0 Å². The van der Waals surface area contributed by atoms with Crippen LogP contribution in [0.15, 0.2) is 0 Å². The highest BCUT2D eigenvalue weighted by atomic mass is 32.2. The van der Waals surface area contributed by atoms with E-state index in [0.29, 0.717) is 12.3 Å². The first kappa shape index (κ1) is 11.8. The predicted molar refractivity (Wildman–Crippen MR) is 54.3 cm³/mol. The van der Waals surface area contributed by atoms with Crippen LogP contribution < -0.4 is 5.73 Å². The van der Waals surface area contributed by atoms with E-state index in [1.807, 2.05) is 13.8 Å². The van der Waals surface area contributed by atoms with Gasteiger partial charge < -0.3 is 10.6 Å². The van der Waals surface area contributed by atoms with Gasteiger partial charge in [0.1, 0.15) is 0 Å². The van der Waals surface area contributed by atoms with Crippen molar-refractivity contribution < 1.29 is 4.79 Å². The van der Waals surface area contributed by atoms with Crippen molar-refractivity contribution in [2.24, 2.45) is 5.73 Å². The van der Waals surface area contributed by atoms with Crippen molar-refractivity contribution in [2.45, 2.75) is 19.9 Å². The fourth-order valence-corrected chi connectivity index (χ4v) is 1.28. The molecular formula is C8H18N2OS. The molecule has 72 valence electrons. The molecule has 12 heavy (non-hydrogen) atoms. The molecule has 0 bridgehead atoms. The number of thioether (sulfide) groups is 1. The zero-order valence-corrected chi connectivity index (χ0v) is 8.86. The van der Waals surface area contributed by atoms with Gasteiger partial charge in [-0.15, -0.1) is 0 Å². The minimum absolute atomic E-state index is 0.148. The molecule has 0 heterocycles. The van der Waals surface area contributed by atoms with E-state index in [1.165, 1.54) is 0 Å². The number of nitrogens with two attached hydrogens (primary N) is 1. The Morgan fingerprint density at radius 1 is 1.67 bits per heavy atom. The Balaban J connectivity index is 3.75. The third-order valence-corrected chi connectivity index (χ3v) is 2.68. The topological polar surface area (TPSA) is 46.3 Å². The largest absolute Gasteiger partial charge is 0.341 e. The Hall–Kier alpha value is -0.220. The van der Waals surface area contributed by atoms with E-state index in [4.69, 9.17) is 5.73 Å². The lowest BCUT2D eigenvalue weighted by molar-refractivity contribution is -0.128. The van der Waals surface area contributed by atoms with Gasteiger partial charge in [-0.25, -0.2) is 0 Å². The second-order valence-electron chi connectivity index (χ2n) is 2.73.